The summed E-state index contributed by atoms with van der Waals surface area (Å²) in [6.07, 6.45) is 9.36. The van der Waals surface area contributed by atoms with Crippen LogP contribution in [0.4, 0.5) is 0 Å². The lowest BCUT2D eigenvalue weighted by Gasteiger charge is -2.19. The molecule has 226 valence electrons. The summed E-state index contributed by atoms with van der Waals surface area (Å²) in [6, 6.07) is 16.5. The zero-order valence-corrected chi connectivity index (χ0v) is 24.6. The molecule has 9 heteroatoms. The molecule has 2 aromatic carbocycles. The molecule has 2 aromatic rings. The molecule has 1 atom stereocenters. The van der Waals surface area contributed by atoms with Crippen LogP contribution >= 0.6 is 0 Å². The van der Waals surface area contributed by atoms with Gasteiger partial charge in [-0.1, -0.05) is 80.6 Å². The quantitative estimate of drug-likeness (QED) is 0.139. The summed E-state index contributed by atoms with van der Waals surface area (Å²) < 4.78 is 5.36. The minimum Gasteiger partial charge on any atom is -0.496 e. The monoisotopic (exact) mass is 567 g/mol. The number of nitrogens with one attached hydrogen (secondary N) is 4. The van der Waals surface area contributed by atoms with Crippen molar-refractivity contribution in [3.8, 4) is 5.75 Å². The smallest absolute Gasteiger partial charge is 0.242 e. The van der Waals surface area contributed by atoms with Crippen LogP contribution in [-0.4, -0.2) is 63.6 Å². The molecule has 0 aliphatic heterocycles. The Morgan fingerprint density at radius 2 is 1.34 bits per heavy atom. The topological polar surface area (TPSA) is 135 Å². The summed E-state index contributed by atoms with van der Waals surface area (Å²) in [6.45, 7) is 3.20. The highest BCUT2D eigenvalue weighted by Crippen LogP contribution is 2.18. The van der Waals surface area contributed by atoms with Crippen LogP contribution in [-0.2, 0) is 27.2 Å². The van der Waals surface area contributed by atoms with Gasteiger partial charge < -0.3 is 31.7 Å². The number of hydrogen-bond acceptors (Lipinski definition) is 6. The van der Waals surface area contributed by atoms with Gasteiger partial charge in [0.1, 0.15) is 11.8 Å². The van der Waals surface area contributed by atoms with E-state index < -0.39 is 6.04 Å². The van der Waals surface area contributed by atoms with Crippen LogP contribution in [0.25, 0.3) is 0 Å². The van der Waals surface area contributed by atoms with E-state index in [9.17, 15) is 14.4 Å². The van der Waals surface area contributed by atoms with E-state index in [0.717, 1.165) is 56.3 Å². The van der Waals surface area contributed by atoms with Crippen LogP contribution in [0.15, 0.2) is 54.6 Å². The average molecular weight is 568 g/mol. The van der Waals surface area contributed by atoms with E-state index in [0.29, 0.717) is 25.3 Å². The Morgan fingerprint density at radius 1 is 0.732 bits per heavy atom. The molecule has 41 heavy (non-hydrogen) atoms. The number of rotatable bonds is 22. The van der Waals surface area contributed by atoms with Crippen molar-refractivity contribution in [1.29, 1.82) is 0 Å². The molecule has 2 rings (SSSR count). The molecule has 9 nitrogen and oxygen atoms in total. The number of nitrogens with two attached hydrogens (primary N) is 1. The van der Waals surface area contributed by atoms with Crippen molar-refractivity contribution in [2.24, 2.45) is 5.73 Å². The SMILES string of the molecule is COc1ccccc1CC(=O)N[C@@H](Cc1ccccc1)C(=O)NCCCCCCCCCNCCCNC(=O)CN. The molecule has 3 amide bonds. The largest absolute Gasteiger partial charge is 0.496 e. The van der Waals surface area contributed by atoms with E-state index in [1.807, 2.05) is 54.6 Å². The highest BCUT2D eigenvalue weighted by atomic mass is 16.5. The maximum atomic E-state index is 13.0. The Labute approximate surface area is 245 Å². The van der Waals surface area contributed by atoms with Gasteiger partial charge in [0.15, 0.2) is 0 Å². The van der Waals surface area contributed by atoms with Crippen LogP contribution in [0.5, 0.6) is 5.75 Å². The van der Waals surface area contributed by atoms with Gasteiger partial charge in [-0.15, -0.1) is 0 Å². The Balaban J connectivity index is 1.61. The first-order valence-corrected chi connectivity index (χ1v) is 14.9. The molecular formula is C32H49N5O4. The third-order valence-corrected chi connectivity index (χ3v) is 6.85. The standard InChI is InChI=1S/C32H49N5O4/c1-41-29-18-11-10-17-27(29)24-30(38)37-28(23-26-15-8-7-9-16-26)32(40)36-21-13-6-4-2-3-5-12-19-34-20-14-22-35-31(39)25-33/h7-11,15-18,28,34H,2-6,12-14,19-25,33H2,1H3,(H,35,39)(H,36,40)(H,37,38)/t28-/m0/s1. The van der Waals surface area contributed by atoms with Crippen LogP contribution in [0.2, 0.25) is 0 Å². The number of methoxy groups -OCH3 is 1. The van der Waals surface area contributed by atoms with Gasteiger partial charge in [0.2, 0.25) is 17.7 Å². The van der Waals surface area contributed by atoms with Gasteiger partial charge >= 0.3 is 0 Å². The first-order chi connectivity index (χ1) is 20.0. The summed E-state index contributed by atoms with van der Waals surface area (Å²) in [5.74, 6) is 0.183. The van der Waals surface area contributed by atoms with E-state index in [1.165, 1.54) is 19.3 Å². The van der Waals surface area contributed by atoms with Gasteiger partial charge in [-0.25, -0.2) is 0 Å². The lowest BCUT2D eigenvalue weighted by molar-refractivity contribution is -0.128. The number of unbranched alkanes of at least 4 members (excludes halogenated alkanes) is 6. The van der Waals surface area contributed by atoms with E-state index in [4.69, 9.17) is 10.5 Å². The average Bonchev–Trinajstić information content (AvgIpc) is 2.99. The Bertz CT molecular complexity index is 1020. The summed E-state index contributed by atoms with van der Waals surface area (Å²) in [4.78, 5) is 37.0. The maximum Gasteiger partial charge on any atom is 0.242 e. The minimum atomic E-state index is -0.641. The molecule has 0 fully saturated rings. The number of ether oxygens (including phenoxy) is 1. The van der Waals surface area contributed by atoms with Gasteiger partial charge in [0, 0.05) is 25.1 Å². The van der Waals surface area contributed by atoms with Crippen molar-refractivity contribution in [1.82, 2.24) is 21.3 Å². The molecular weight excluding hydrogens is 518 g/mol. The Morgan fingerprint density at radius 3 is 2.05 bits per heavy atom. The van der Waals surface area contributed by atoms with Crippen molar-refractivity contribution in [2.75, 3.05) is 39.8 Å². The molecule has 0 bridgehead atoms. The number of benzene rings is 2. The minimum absolute atomic E-state index is 0.0448. The van der Waals surface area contributed by atoms with Gasteiger partial charge in [0.05, 0.1) is 20.1 Å². The van der Waals surface area contributed by atoms with Crippen LogP contribution < -0.4 is 31.7 Å². The molecule has 0 aliphatic rings. The molecule has 0 radical (unpaired) electrons. The number of hydrogen-bond donors (Lipinski definition) is 5. The third kappa shape index (κ3) is 15.2. The zero-order valence-electron chi connectivity index (χ0n) is 24.6. The van der Waals surface area contributed by atoms with Crippen molar-refractivity contribution in [3.63, 3.8) is 0 Å². The van der Waals surface area contributed by atoms with Crippen molar-refractivity contribution >= 4 is 17.7 Å². The number of amides is 3. The van der Waals surface area contributed by atoms with Crippen LogP contribution in [0.3, 0.4) is 0 Å². The number of carbonyl (C=O) groups excluding carboxylic acids is 3. The lowest BCUT2D eigenvalue weighted by Crippen LogP contribution is -2.48. The molecule has 0 saturated carbocycles. The van der Waals surface area contributed by atoms with E-state index in [1.54, 1.807) is 7.11 Å². The molecule has 0 unspecified atom stereocenters. The summed E-state index contributed by atoms with van der Waals surface area (Å²) in [5, 5.41) is 12.1. The summed E-state index contributed by atoms with van der Waals surface area (Å²) in [7, 11) is 1.58. The molecule has 0 heterocycles. The maximum absolute atomic E-state index is 13.0. The second kappa shape index (κ2) is 21.3. The van der Waals surface area contributed by atoms with Crippen LogP contribution in [0.1, 0.15) is 62.5 Å². The Hall–Kier alpha value is -3.43. The van der Waals surface area contributed by atoms with E-state index in [-0.39, 0.29) is 30.7 Å². The fourth-order valence-corrected chi connectivity index (χ4v) is 4.56. The summed E-state index contributed by atoms with van der Waals surface area (Å²) in [5.41, 5.74) is 7.04. The van der Waals surface area contributed by atoms with Crippen molar-refractivity contribution in [3.05, 3.63) is 65.7 Å². The second-order valence-electron chi connectivity index (χ2n) is 10.2. The normalized spacial score (nSPS) is 11.5. The fourth-order valence-electron chi connectivity index (χ4n) is 4.56. The Kier molecular flexibility index (Phi) is 17.6. The predicted molar refractivity (Wildman–Crippen MR) is 164 cm³/mol. The lowest BCUT2D eigenvalue weighted by atomic mass is 10.0. The molecule has 0 saturated heterocycles. The fraction of sp³-hybridized carbons (Fsp3) is 0.531. The number of carbonyl (C=O) groups is 3. The first kappa shape index (κ1) is 33.8. The van der Waals surface area contributed by atoms with Gasteiger partial charge in [-0.3, -0.25) is 14.4 Å². The van der Waals surface area contributed by atoms with Gasteiger partial charge in [-0.05, 0) is 44.0 Å². The highest BCUT2D eigenvalue weighted by molar-refractivity contribution is 5.88. The van der Waals surface area contributed by atoms with E-state index in [2.05, 4.69) is 21.3 Å². The second-order valence-corrected chi connectivity index (χ2v) is 10.2. The van der Waals surface area contributed by atoms with Crippen molar-refractivity contribution < 1.29 is 19.1 Å². The molecule has 0 aliphatic carbocycles. The highest BCUT2D eigenvalue weighted by Gasteiger charge is 2.21. The van der Waals surface area contributed by atoms with Crippen LogP contribution in [0, 0.1) is 0 Å². The zero-order chi connectivity index (χ0) is 29.5. The first-order valence-electron chi connectivity index (χ1n) is 14.9. The molecule has 0 aromatic heterocycles. The van der Waals surface area contributed by atoms with Gasteiger partial charge in [0.25, 0.3) is 0 Å². The van der Waals surface area contributed by atoms with E-state index >= 15 is 0 Å². The van der Waals surface area contributed by atoms with Gasteiger partial charge in [-0.2, -0.15) is 0 Å². The molecule has 0 spiro atoms. The van der Waals surface area contributed by atoms with Crippen molar-refractivity contribution in [2.45, 2.75) is 70.3 Å². The predicted octanol–water partition coefficient (Wildman–Crippen LogP) is 2.87. The molecule has 6 N–H and O–H groups in total. The third-order valence-electron chi connectivity index (χ3n) is 6.85. The number of para-hydroxylation sites is 1. The summed E-state index contributed by atoms with van der Waals surface area (Å²) >= 11 is 0.